The van der Waals surface area contributed by atoms with E-state index in [2.05, 4.69) is 44.1 Å². The predicted molar refractivity (Wildman–Crippen MR) is 130 cm³/mol. The van der Waals surface area contributed by atoms with E-state index in [9.17, 15) is 4.39 Å². The molecule has 5 N–H and O–H groups in total. The molecule has 1 fully saturated rings. The molecule has 4 aromatic rings. The van der Waals surface area contributed by atoms with E-state index in [-0.39, 0.29) is 11.2 Å². The van der Waals surface area contributed by atoms with Crippen LogP contribution in [0.2, 0.25) is 0 Å². The van der Waals surface area contributed by atoms with Gasteiger partial charge in [0.25, 0.3) is 0 Å². The lowest BCUT2D eigenvalue weighted by Gasteiger charge is -2.39. The first-order chi connectivity index (χ1) is 16.0. The Labute approximate surface area is 194 Å². The molecule has 1 aliphatic heterocycles. The molecule has 2 aromatic carbocycles. The zero-order valence-corrected chi connectivity index (χ0v) is 18.7. The maximum absolute atomic E-state index is 14.2. The van der Waals surface area contributed by atoms with Gasteiger partial charge in [0.15, 0.2) is 5.82 Å². The summed E-state index contributed by atoms with van der Waals surface area (Å²) in [4.78, 5) is 15.1. The number of piperidine rings is 1. The molecule has 1 saturated heterocycles. The quantitative estimate of drug-likeness (QED) is 0.437. The smallest absolute Gasteiger partial charge is 0.158 e. The highest BCUT2D eigenvalue weighted by Gasteiger charge is 2.38. The molecule has 6 nitrogen and oxygen atoms in total. The first-order valence-corrected chi connectivity index (χ1v) is 11.7. The van der Waals surface area contributed by atoms with Crippen molar-refractivity contribution in [3.8, 4) is 0 Å². The van der Waals surface area contributed by atoms with Crippen molar-refractivity contribution in [3.63, 3.8) is 0 Å². The van der Waals surface area contributed by atoms with E-state index in [1.54, 1.807) is 6.20 Å². The van der Waals surface area contributed by atoms with Gasteiger partial charge in [0, 0.05) is 51.4 Å². The topological polar surface area (TPSA) is 96.8 Å². The number of benzene rings is 2. The lowest BCUT2D eigenvalue weighted by atomic mass is 9.77. The van der Waals surface area contributed by atoms with E-state index in [1.165, 1.54) is 23.2 Å². The van der Waals surface area contributed by atoms with Crippen LogP contribution in [-0.4, -0.2) is 28.0 Å². The molecule has 3 heterocycles. The third-order valence-electron chi connectivity index (χ3n) is 6.78. The van der Waals surface area contributed by atoms with Gasteiger partial charge in [0.05, 0.1) is 6.20 Å². The number of nitrogens with one attached hydrogen (secondary N) is 1. The van der Waals surface area contributed by atoms with E-state index in [4.69, 9.17) is 11.5 Å². The second kappa shape index (κ2) is 7.52. The summed E-state index contributed by atoms with van der Waals surface area (Å²) in [5.74, 6) is 0.809. The molecule has 0 radical (unpaired) electrons. The van der Waals surface area contributed by atoms with E-state index in [0.29, 0.717) is 16.2 Å². The molecule has 1 spiro atoms. The molecule has 2 aliphatic rings. The number of aromatic nitrogens is 3. The highest BCUT2D eigenvalue weighted by Crippen LogP contribution is 2.41. The summed E-state index contributed by atoms with van der Waals surface area (Å²) < 4.78 is 14.2. The minimum absolute atomic E-state index is 0.0890. The van der Waals surface area contributed by atoms with Crippen LogP contribution in [0.15, 0.2) is 64.8 Å². The highest BCUT2D eigenvalue weighted by atomic mass is 32.2. The van der Waals surface area contributed by atoms with Crippen LogP contribution >= 0.6 is 11.8 Å². The fourth-order valence-corrected chi connectivity index (χ4v) is 5.89. The number of fused-ring (bicyclic) bond motifs is 2. The molecule has 33 heavy (non-hydrogen) atoms. The Kier molecular flexibility index (Phi) is 4.58. The van der Waals surface area contributed by atoms with Crippen molar-refractivity contribution in [2.45, 2.75) is 22.8 Å². The number of H-pyrrole nitrogens is 1. The number of halogens is 1. The number of anilines is 2. The summed E-state index contributed by atoms with van der Waals surface area (Å²) in [5.41, 5.74) is 14.5. The Morgan fingerprint density at radius 3 is 2.67 bits per heavy atom. The van der Waals surface area contributed by atoms with Gasteiger partial charge in [-0.3, -0.25) is 0 Å². The van der Waals surface area contributed by atoms with Crippen LogP contribution in [0.3, 0.4) is 0 Å². The fraction of sp³-hybridized carbons (Fsp3) is 0.200. The van der Waals surface area contributed by atoms with Gasteiger partial charge in [-0.15, -0.1) is 0 Å². The third-order valence-corrected chi connectivity index (χ3v) is 7.84. The van der Waals surface area contributed by atoms with Gasteiger partial charge in [-0.25, -0.2) is 14.4 Å². The summed E-state index contributed by atoms with van der Waals surface area (Å²) >= 11 is 1.32. The molecule has 8 heteroatoms. The molecule has 166 valence electrons. The van der Waals surface area contributed by atoms with Gasteiger partial charge in [0.1, 0.15) is 16.7 Å². The molecule has 0 saturated carbocycles. The zero-order valence-electron chi connectivity index (χ0n) is 17.9. The van der Waals surface area contributed by atoms with Gasteiger partial charge in [0.2, 0.25) is 0 Å². The number of aromatic amines is 1. The molecule has 2 aromatic heterocycles. The number of rotatable bonds is 3. The lowest BCUT2D eigenvalue weighted by Crippen LogP contribution is -2.41. The van der Waals surface area contributed by atoms with Gasteiger partial charge < -0.3 is 21.4 Å². The molecule has 1 aliphatic carbocycles. The summed E-state index contributed by atoms with van der Waals surface area (Å²) in [6.45, 7) is 1.64. The minimum atomic E-state index is -0.291. The van der Waals surface area contributed by atoms with Crippen LogP contribution in [0.1, 0.15) is 12.8 Å². The van der Waals surface area contributed by atoms with Crippen LogP contribution in [0.5, 0.6) is 0 Å². The van der Waals surface area contributed by atoms with Crippen molar-refractivity contribution >= 4 is 46.1 Å². The number of hydrogen-bond acceptors (Lipinski definition) is 6. The predicted octanol–water partition coefficient (Wildman–Crippen LogP) is 2.98. The largest absolute Gasteiger partial charge is 0.401 e. The van der Waals surface area contributed by atoms with E-state index >= 15 is 0 Å². The average Bonchev–Trinajstić information content (AvgIpc) is 3.34. The van der Waals surface area contributed by atoms with Crippen LogP contribution in [0.25, 0.3) is 22.7 Å². The summed E-state index contributed by atoms with van der Waals surface area (Å²) in [7, 11) is 0. The standard InChI is InChI=1S/C25H23FN6S/c26-17-13-29-18-6-3-7-19(21(17)18)33-24-23(28)31-20(14-30-24)32-10-8-25(9-11-32)12-15-4-1-2-5-16(15)22(25)27/h1-7,12-14,29H,8-11,27H2,(H2,28,31). The Balaban J connectivity index is 1.22. The minimum Gasteiger partial charge on any atom is -0.401 e. The van der Waals surface area contributed by atoms with Gasteiger partial charge in [-0.1, -0.05) is 48.2 Å². The Morgan fingerprint density at radius 1 is 1.06 bits per heavy atom. The molecule has 0 atom stereocenters. The van der Waals surface area contributed by atoms with Crippen molar-refractivity contribution in [3.05, 3.63) is 71.1 Å². The summed E-state index contributed by atoms with van der Waals surface area (Å²) in [5, 5.41) is 3.49. The van der Waals surface area contributed by atoms with E-state index in [0.717, 1.165) is 53.1 Å². The molecule has 0 bridgehead atoms. The highest BCUT2D eigenvalue weighted by molar-refractivity contribution is 7.99. The second-order valence-electron chi connectivity index (χ2n) is 8.62. The van der Waals surface area contributed by atoms with Gasteiger partial charge in [-0.05, 0) is 30.2 Å². The van der Waals surface area contributed by atoms with Gasteiger partial charge in [-0.2, -0.15) is 0 Å². The van der Waals surface area contributed by atoms with E-state index < -0.39 is 0 Å². The summed E-state index contributed by atoms with van der Waals surface area (Å²) in [6, 6.07) is 13.9. The zero-order chi connectivity index (χ0) is 22.6. The molecule has 0 unspecified atom stereocenters. The van der Waals surface area contributed by atoms with Crippen molar-refractivity contribution < 1.29 is 4.39 Å². The first kappa shape index (κ1) is 20.1. The number of nitrogens with zero attached hydrogens (tertiary/aromatic N) is 3. The fourth-order valence-electron chi connectivity index (χ4n) is 4.97. The monoisotopic (exact) mass is 458 g/mol. The lowest BCUT2D eigenvalue weighted by molar-refractivity contribution is 0.405. The normalized spacial score (nSPS) is 16.9. The van der Waals surface area contributed by atoms with Crippen molar-refractivity contribution in [1.29, 1.82) is 0 Å². The maximum atomic E-state index is 14.2. The second-order valence-corrected chi connectivity index (χ2v) is 9.66. The maximum Gasteiger partial charge on any atom is 0.158 e. The number of nitrogen functional groups attached to an aromatic ring is 1. The Morgan fingerprint density at radius 2 is 1.88 bits per heavy atom. The molecular weight excluding hydrogens is 435 g/mol. The van der Waals surface area contributed by atoms with Crippen LogP contribution in [0, 0.1) is 11.2 Å². The average molecular weight is 459 g/mol. The Hall–Kier alpha value is -3.52. The SMILES string of the molecule is NC1=c2ccccc2=CC12CCN(c1cnc(Sc3cccc4[nH]cc(F)c34)c(N)n1)CC2. The first-order valence-electron chi connectivity index (χ1n) is 10.9. The molecule has 6 rings (SSSR count). The van der Waals surface area contributed by atoms with Crippen molar-refractivity contribution in [2.75, 3.05) is 23.7 Å². The van der Waals surface area contributed by atoms with Crippen LogP contribution in [0.4, 0.5) is 16.0 Å². The molecule has 0 amide bonds. The van der Waals surface area contributed by atoms with Crippen molar-refractivity contribution in [2.24, 2.45) is 11.1 Å². The van der Waals surface area contributed by atoms with Gasteiger partial charge >= 0.3 is 0 Å². The van der Waals surface area contributed by atoms with Crippen LogP contribution in [-0.2, 0) is 0 Å². The third kappa shape index (κ3) is 3.24. The number of hydrogen-bond donors (Lipinski definition) is 3. The Bertz CT molecular complexity index is 1500. The van der Waals surface area contributed by atoms with Crippen molar-refractivity contribution in [1.82, 2.24) is 15.0 Å². The van der Waals surface area contributed by atoms with E-state index in [1.807, 2.05) is 24.3 Å². The van der Waals surface area contributed by atoms with Crippen LogP contribution < -0.4 is 26.8 Å². The summed E-state index contributed by atoms with van der Waals surface area (Å²) in [6.07, 6.45) is 7.28. The molecular formula is C25H23FN6S. The number of nitrogens with two attached hydrogens (primary N) is 2.